The molecule has 8 heavy (non-hydrogen) atoms. The minimum Gasteiger partial charge on any atom is -0.131 e. The van der Waals surface area contributed by atoms with Crippen molar-refractivity contribution < 1.29 is 0 Å². The van der Waals surface area contributed by atoms with E-state index in [4.69, 9.17) is 0 Å². The molecule has 0 aromatic heterocycles. The summed E-state index contributed by atoms with van der Waals surface area (Å²) in [6.07, 6.45) is 3.86. The zero-order valence-corrected chi connectivity index (χ0v) is 6.89. The van der Waals surface area contributed by atoms with Crippen LogP contribution in [0.25, 0.3) is 0 Å². The van der Waals surface area contributed by atoms with Gasteiger partial charge in [-0.2, -0.15) is 0 Å². The molecule has 0 aliphatic carbocycles. The third-order valence-electron chi connectivity index (χ3n) is 0.622. The molecule has 0 aromatic rings. The Morgan fingerprint density at radius 1 is 1.38 bits per heavy atom. The van der Waals surface area contributed by atoms with Crippen molar-refractivity contribution in [2.75, 3.05) is 0 Å². The molecule has 1 heteroatoms. The average Bonchev–Trinajstić information content (AvgIpc) is 1.66. The molecule has 44 valence electrons. The van der Waals surface area contributed by atoms with Crippen molar-refractivity contribution in [1.82, 2.24) is 0 Å². The Balaban J connectivity index is 3.51. The molecule has 0 unspecified atom stereocenters. The topological polar surface area (TPSA) is 0 Å². The smallest absolute Gasteiger partial charge is 0.117 e. The average molecular weight is 124 g/mol. The van der Waals surface area contributed by atoms with Crippen molar-refractivity contribution in [2.45, 2.75) is 20.0 Å². The molecule has 0 aliphatic rings. The first-order valence-corrected chi connectivity index (χ1v) is 5.78. The van der Waals surface area contributed by atoms with E-state index in [9.17, 15) is 0 Å². The highest BCUT2D eigenvalue weighted by Gasteiger charge is 1.80. The van der Waals surface area contributed by atoms with Gasteiger partial charge in [-0.05, 0) is 13.0 Å². The predicted molar refractivity (Wildman–Crippen MR) is 41.5 cm³/mol. The van der Waals surface area contributed by atoms with Crippen LogP contribution in [0.3, 0.4) is 0 Å². The summed E-state index contributed by atoms with van der Waals surface area (Å²) in [7, 11) is -0.614. The summed E-state index contributed by atoms with van der Waals surface area (Å²) in [5.41, 5.74) is 3.15. The van der Waals surface area contributed by atoms with E-state index in [2.05, 4.69) is 24.6 Å². The van der Waals surface area contributed by atoms with Gasteiger partial charge in [0.15, 0.2) is 0 Å². The highest BCUT2D eigenvalue weighted by atomic mass is 28.3. The Labute approximate surface area is 53.2 Å². The number of allylic oxidation sites excluding steroid dienone is 2. The first-order chi connectivity index (χ1) is 3.77. The summed E-state index contributed by atoms with van der Waals surface area (Å²) in [5, 5.41) is 0. The zero-order chi connectivity index (χ0) is 6.41. The van der Waals surface area contributed by atoms with Gasteiger partial charge in [-0.3, -0.25) is 0 Å². The van der Waals surface area contributed by atoms with Crippen molar-refractivity contribution in [3.63, 3.8) is 0 Å². The first-order valence-electron chi connectivity index (χ1n) is 2.89. The van der Waals surface area contributed by atoms with E-state index < -0.39 is 8.80 Å². The van der Waals surface area contributed by atoms with Crippen LogP contribution in [0, 0.1) is 11.5 Å². The van der Waals surface area contributed by atoms with E-state index >= 15 is 0 Å². The zero-order valence-electron chi connectivity index (χ0n) is 5.73. The Kier molecular flexibility index (Phi) is 4.39. The van der Waals surface area contributed by atoms with Crippen molar-refractivity contribution in [3.8, 4) is 11.5 Å². The summed E-state index contributed by atoms with van der Waals surface area (Å²) >= 11 is 0. The van der Waals surface area contributed by atoms with Crippen LogP contribution in [0.15, 0.2) is 12.2 Å². The standard InChI is InChI=1S/C7H12Si/c1-4-5-6-7-8(2)3/h4-5,8H,1-3H3. The van der Waals surface area contributed by atoms with Crippen LogP contribution in [0.5, 0.6) is 0 Å². The van der Waals surface area contributed by atoms with Crippen LogP contribution in [0.2, 0.25) is 13.1 Å². The Bertz CT molecular complexity index is 123. The van der Waals surface area contributed by atoms with Crippen LogP contribution in [0.1, 0.15) is 6.92 Å². The lowest BCUT2D eigenvalue weighted by atomic mass is 10.6. The largest absolute Gasteiger partial charge is 0.131 e. The lowest BCUT2D eigenvalue weighted by molar-refractivity contribution is 1.76. The molecule has 0 aliphatic heterocycles. The van der Waals surface area contributed by atoms with Crippen LogP contribution < -0.4 is 0 Å². The van der Waals surface area contributed by atoms with Crippen molar-refractivity contribution >= 4 is 8.80 Å². The van der Waals surface area contributed by atoms with E-state index in [1.807, 2.05) is 19.1 Å². The SMILES string of the molecule is CC=CC#C[SiH](C)C. The van der Waals surface area contributed by atoms with Crippen LogP contribution >= 0.6 is 0 Å². The summed E-state index contributed by atoms with van der Waals surface area (Å²) in [6.45, 7) is 6.42. The molecule has 0 fully saturated rings. The maximum absolute atomic E-state index is 3.15. The van der Waals surface area contributed by atoms with Gasteiger partial charge in [0, 0.05) is 0 Å². The second-order valence-electron chi connectivity index (χ2n) is 1.94. The minimum absolute atomic E-state index is 0.614. The van der Waals surface area contributed by atoms with Gasteiger partial charge in [-0.25, -0.2) is 0 Å². The highest BCUT2D eigenvalue weighted by Crippen LogP contribution is 1.73. The molecular formula is C7H12Si. The van der Waals surface area contributed by atoms with Crippen LogP contribution in [-0.4, -0.2) is 8.80 Å². The predicted octanol–water partition coefficient (Wildman–Crippen LogP) is 1.59. The molecule has 0 spiro atoms. The fraction of sp³-hybridized carbons (Fsp3) is 0.429. The van der Waals surface area contributed by atoms with E-state index in [1.165, 1.54) is 0 Å². The molecule has 0 saturated carbocycles. The highest BCUT2D eigenvalue weighted by molar-refractivity contribution is 6.64. The second kappa shape index (κ2) is 4.67. The molecule has 0 aromatic carbocycles. The molecule has 0 heterocycles. The van der Waals surface area contributed by atoms with Crippen molar-refractivity contribution in [1.29, 1.82) is 0 Å². The quantitative estimate of drug-likeness (QED) is 0.340. The van der Waals surface area contributed by atoms with Gasteiger partial charge in [-0.15, -0.1) is 5.54 Å². The lowest BCUT2D eigenvalue weighted by Gasteiger charge is -1.79. The summed E-state index contributed by atoms with van der Waals surface area (Å²) in [5.74, 6) is 2.97. The molecule has 0 amide bonds. The Hall–Kier alpha value is -0.483. The van der Waals surface area contributed by atoms with Gasteiger partial charge in [0.25, 0.3) is 0 Å². The summed E-state index contributed by atoms with van der Waals surface area (Å²) < 4.78 is 0. The van der Waals surface area contributed by atoms with Gasteiger partial charge in [0.05, 0.1) is 0 Å². The summed E-state index contributed by atoms with van der Waals surface area (Å²) in [4.78, 5) is 0. The molecule has 0 saturated heterocycles. The molecule has 0 atom stereocenters. The van der Waals surface area contributed by atoms with Crippen LogP contribution in [-0.2, 0) is 0 Å². The third kappa shape index (κ3) is 5.52. The van der Waals surface area contributed by atoms with E-state index in [-0.39, 0.29) is 0 Å². The van der Waals surface area contributed by atoms with Crippen molar-refractivity contribution in [2.24, 2.45) is 0 Å². The van der Waals surface area contributed by atoms with E-state index in [0.717, 1.165) is 0 Å². The van der Waals surface area contributed by atoms with E-state index in [0.29, 0.717) is 0 Å². The fourth-order valence-electron chi connectivity index (χ4n) is 0.298. The Morgan fingerprint density at radius 2 is 2.00 bits per heavy atom. The maximum atomic E-state index is 3.15. The third-order valence-corrected chi connectivity index (χ3v) is 1.37. The Morgan fingerprint density at radius 3 is 2.38 bits per heavy atom. The number of rotatable bonds is 0. The van der Waals surface area contributed by atoms with Gasteiger partial charge >= 0.3 is 0 Å². The number of hydrogen-bond acceptors (Lipinski definition) is 0. The second-order valence-corrected chi connectivity index (χ2v) is 4.54. The maximum Gasteiger partial charge on any atom is 0.117 e. The molecular weight excluding hydrogens is 112 g/mol. The summed E-state index contributed by atoms with van der Waals surface area (Å²) in [6, 6.07) is 0. The van der Waals surface area contributed by atoms with Gasteiger partial charge < -0.3 is 0 Å². The van der Waals surface area contributed by atoms with Gasteiger partial charge in [-0.1, -0.05) is 25.1 Å². The lowest BCUT2D eigenvalue weighted by Crippen LogP contribution is -1.92. The number of hydrogen-bond donors (Lipinski definition) is 0. The van der Waals surface area contributed by atoms with E-state index in [1.54, 1.807) is 0 Å². The van der Waals surface area contributed by atoms with Gasteiger partial charge in [0.2, 0.25) is 0 Å². The molecule has 0 nitrogen and oxygen atoms in total. The minimum atomic E-state index is -0.614. The van der Waals surface area contributed by atoms with Gasteiger partial charge in [0.1, 0.15) is 8.80 Å². The molecule has 0 rings (SSSR count). The molecule has 0 radical (unpaired) electrons. The first kappa shape index (κ1) is 7.52. The monoisotopic (exact) mass is 124 g/mol. The fourth-order valence-corrected chi connectivity index (χ4v) is 0.728. The molecule has 0 bridgehead atoms. The normalized spacial score (nSPS) is 9.50. The van der Waals surface area contributed by atoms with Crippen LogP contribution in [0.4, 0.5) is 0 Å². The molecule has 0 N–H and O–H groups in total. The van der Waals surface area contributed by atoms with Crippen molar-refractivity contribution in [3.05, 3.63) is 12.2 Å².